The van der Waals surface area contributed by atoms with E-state index in [-0.39, 0.29) is 11.9 Å². The van der Waals surface area contributed by atoms with E-state index in [1.54, 1.807) is 0 Å². The van der Waals surface area contributed by atoms with Crippen LogP contribution in [0.25, 0.3) is 0 Å². The third-order valence-electron chi connectivity index (χ3n) is 3.13. The molecule has 0 saturated carbocycles. The minimum atomic E-state index is 0.112. The van der Waals surface area contributed by atoms with Crippen LogP contribution in [0.3, 0.4) is 0 Å². The lowest BCUT2D eigenvalue weighted by atomic mass is 10.0. The van der Waals surface area contributed by atoms with Crippen molar-refractivity contribution in [3.05, 3.63) is 35.4 Å². The maximum Gasteiger partial charge on any atom is 0.221 e. The van der Waals surface area contributed by atoms with Crippen molar-refractivity contribution in [1.82, 2.24) is 10.6 Å². The van der Waals surface area contributed by atoms with Gasteiger partial charge >= 0.3 is 0 Å². The first kappa shape index (κ1) is 15.7. The van der Waals surface area contributed by atoms with Crippen LogP contribution in [0.4, 0.5) is 0 Å². The quantitative estimate of drug-likeness (QED) is 0.793. The molecule has 0 saturated heterocycles. The standard InChI is InChI=1S/C16H26N2O/c1-5-15(14-8-6-13(4)7-9-14)18-16(19)10-11-17-12(2)3/h6-9,12,15,17H,5,10-11H2,1-4H3,(H,18,19). The van der Waals surface area contributed by atoms with Gasteiger partial charge in [-0.1, -0.05) is 50.6 Å². The first-order valence-corrected chi connectivity index (χ1v) is 7.12. The average Bonchev–Trinajstić information content (AvgIpc) is 2.36. The Morgan fingerprint density at radius 3 is 2.37 bits per heavy atom. The normalized spacial score (nSPS) is 12.5. The molecule has 3 nitrogen and oxygen atoms in total. The summed E-state index contributed by atoms with van der Waals surface area (Å²) in [5, 5.41) is 6.35. The summed E-state index contributed by atoms with van der Waals surface area (Å²) in [6, 6.07) is 8.90. The number of hydrogen-bond acceptors (Lipinski definition) is 2. The van der Waals surface area contributed by atoms with Crippen molar-refractivity contribution in [1.29, 1.82) is 0 Å². The van der Waals surface area contributed by atoms with E-state index in [9.17, 15) is 4.79 Å². The Kier molecular flexibility index (Phi) is 6.57. The van der Waals surface area contributed by atoms with E-state index in [4.69, 9.17) is 0 Å². The highest BCUT2D eigenvalue weighted by Gasteiger charge is 2.12. The van der Waals surface area contributed by atoms with Gasteiger partial charge in [0.05, 0.1) is 6.04 Å². The summed E-state index contributed by atoms with van der Waals surface area (Å²) in [6.07, 6.45) is 1.44. The molecule has 0 aromatic heterocycles. The fourth-order valence-electron chi connectivity index (χ4n) is 1.96. The zero-order valence-electron chi connectivity index (χ0n) is 12.5. The molecule has 2 N–H and O–H groups in total. The zero-order valence-corrected chi connectivity index (χ0v) is 12.5. The molecule has 0 bridgehead atoms. The van der Waals surface area contributed by atoms with E-state index < -0.39 is 0 Å². The Hall–Kier alpha value is -1.35. The molecule has 0 heterocycles. The van der Waals surface area contributed by atoms with E-state index in [1.807, 2.05) is 0 Å². The molecule has 1 rings (SSSR count). The van der Waals surface area contributed by atoms with Crippen molar-refractivity contribution in [2.75, 3.05) is 6.54 Å². The van der Waals surface area contributed by atoms with Crippen LogP contribution in [0.15, 0.2) is 24.3 Å². The number of carbonyl (C=O) groups is 1. The van der Waals surface area contributed by atoms with Crippen molar-refractivity contribution in [3.8, 4) is 0 Å². The van der Waals surface area contributed by atoms with Crippen LogP contribution in [0.5, 0.6) is 0 Å². The Balaban J connectivity index is 2.47. The van der Waals surface area contributed by atoms with Crippen LogP contribution in [0.1, 0.15) is 50.8 Å². The molecule has 106 valence electrons. The first-order valence-electron chi connectivity index (χ1n) is 7.12. The maximum atomic E-state index is 11.9. The lowest BCUT2D eigenvalue weighted by Gasteiger charge is -2.18. The van der Waals surface area contributed by atoms with Gasteiger partial charge in [0.1, 0.15) is 0 Å². The van der Waals surface area contributed by atoms with Crippen molar-refractivity contribution in [3.63, 3.8) is 0 Å². The largest absolute Gasteiger partial charge is 0.349 e. The molecule has 0 fully saturated rings. The van der Waals surface area contributed by atoms with Crippen molar-refractivity contribution >= 4 is 5.91 Å². The number of hydrogen-bond donors (Lipinski definition) is 2. The van der Waals surface area contributed by atoms with Gasteiger partial charge in [-0.25, -0.2) is 0 Å². The summed E-state index contributed by atoms with van der Waals surface area (Å²) in [6.45, 7) is 9.06. The van der Waals surface area contributed by atoms with E-state index in [0.717, 1.165) is 13.0 Å². The Morgan fingerprint density at radius 2 is 1.84 bits per heavy atom. The SMILES string of the molecule is CCC(NC(=O)CCNC(C)C)c1ccc(C)cc1. The van der Waals surface area contributed by atoms with Crippen LogP contribution < -0.4 is 10.6 Å². The highest BCUT2D eigenvalue weighted by molar-refractivity contribution is 5.76. The smallest absolute Gasteiger partial charge is 0.221 e. The summed E-state index contributed by atoms with van der Waals surface area (Å²) < 4.78 is 0. The van der Waals surface area contributed by atoms with Gasteiger partial charge in [0.25, 0.3) is 0 Å². The molecule has 1 unspecified atom stereocenters. The van der Waals surface area contributed by atoms with Gasteiger partial charge in [0.2, 0.25) is 5.91 Å². The molecule has 19 heavy (non-hydrogen) atoms. The minimum absolute atomic E-state index is 0.112. The van der Waals surface area contributed by atoms with Gasteiger partial charge in [-0.2, -0.15) is 0 Å². The fraction of sp³-hybridized carbons (Fsp3) is 0.562. The molecular formula is C16H26N2O. The predicted molar refractivity (Wildman–Crippen MR) is 80.1 cm³/mol. The van der Waals surface area contributed by atoms with Gasteiger partial charge in [-0.15, -0.1) is 0 Å². The van der Waals surface area contributed by atoms with E-state index in [2.05, 4.69) is 62.6 Å². The Bertz CT molecular complexity index is 384. The van der Waals surface area contributed by atoms with E-state index in [1.165, 1.54) is 11.1 Å². The zero-order chi connectivity index (χ0) is 14.3. The predicted octanol–water partition coefficient (Wildman–Crippen LogP) is 2.95. The topological polar surface area (TPSA) is 41.1 Å². The Labute approximate surface area is 116 Å². The van der Waals surface area contributed by atoms with Crippen LogP contribution in [0.2, 0.25) is 0 Å². The molecule has 1 aromatic carbocycles. The van der Waals surface area contributed by atoms with Gasteiger partial charge < -0.3 is 10.6 Å². The number of aryl methyl sites for hydroxylation is 1. The molecule has 0 aliphatic heterocycles. The third kappa shape index (κ3) is 5.88. The van der Waals surface area contributed by atoms with E-state index in [0.29, 0.717) is 12.5 Å². The summed E-state index contributed by atoms with van der Waals surface area (Å²) in [7, 11) is 0. The highest BCUT2D eigenvalue weighted by atomic mass is 16.1. The van der Waals surface area contributed by atoms with E-state index >= 15 is 0 Å². The third-order valence-corrected chi connectivity index (χ3v) is 3.13. The fourth-order valence-corrected chi connectivity index (χ4v) is 1.96. The monoisotopic (exact) mass is 262 g/mol. The van der Waals surface area contributed by atoms with Gasteiger partial charge in [-0.3, -0.25) is 4.79 Å². The van der Waals surface area contributed by atoms with Crippen molar-refractivity contribution < 1.29 is 4.79 Å². The van der Waals surface area contributed by atoms with Gasteiger partial charge in [0.15, 0.2) is 0 Å². The minimum Gasteiger partial charge on any atom is -0.349 e. The van der Waals surface area contributed by atoms with Crippen molar-refractivity contribution in [2.24, 2.45) is 0 Å². The number of benzene rings is 1. The molecule has 3 heteroatoms. The molecule has 0 spiro atoms. The summed E-state index contributed by atoms with van der Waals surface area (Å²) in [5.74, 6) is 0.112. The molecule has 1 aromatic rings. The number of amides is 1. The molecule has 0 radical (unpaired) electrons. The first-order chi connectivity index (χ1) is 9.02. The molecule has 0 aliphatic carbocycles. The van der Waals surface area contributed by atoms with Crippen LogP contribution in [0, 0.1) is 6.92 Å². The summed E-state index contributed by atoms with van der Waals surface area (Å²) in [5.41, 5.74) is 2.42. The van der Waals surface area contributed by atoms with Crippen LogP contribution in [-0.2, 0) is 4.79 Å². The van der Waals surface area contributed by atoms with Gasteiger partial charge in [-0.05, 0) is 18.9 Å². The molecule has 1 atom stereocenters. The lowest BCUT2D eigenvalue weighted by molar-refractivity contribution is -0.121. The summed E-state index contributed by atoms with van der Waals surface area (Å²) >= 11 is 0. The Morgan fingerprint density at radius 1 is 1.21 bits per heavy atom. The second kappa shape index (κ2) is 7.95. The second-order valence-electron chi connectivity index (χ2n) is 5.30. The van der Waals surface area contributed by atoms with Crippen LogP contribution in [-0.4, -0.2) is 18.5 Å². The number of nitrogens with one attached hydrogen (secondary N) is 2. The van der Waals surface area contributed by atoms with Crippen LogP contribution >= 0.6 is 0 Å². The highest BCUT2D eigenvalue weighted by Crippen LogP contribution is 2.17. The molecule has 1 amide bonds. The van der Waals surface area contributed by atoms with Crippen molar-refractivity contribution in [2.45, 2.75) is 52.6 Å². The summed E-state index contributed by atoms with van der Waals surface area (Å²) in [4.78, 5) is 11.9. The molecule has 0 aliphatic rings. The average molecular weight is 262 g/mol. The lowest BCUT2D eigenvalue weighted by Crippen LogP contribution is -2.32. The second-order valence-corrected chi connectivity index (χ2v) is 5.30. The number of carbonyl (C=O) groups excluding carboxylic acids is 1. The maximum absolute atomic E-state index is 11.9. The molecular weight excluding hydrogens is 236 g/mol. The number of rotatable bonds is 7. The van der Waals surface area contributed by atoms with Gasteiger partial charge in [0, 0.05) is 19.0 Å².